The van der Waals surface area contributed by atoms with Crippen molar-refractivity contribution in [1.82, 2.24) is 10.2 Å². The van der Waals surface area contributed by atoms with Crippen LogP contribution in [0.25, 0.3) is 0 Å². The number of aryl methyl sites for hydroxylation is 1. The van der Waals surface area contributed by atoms with Crippen molar-refractivity contribution in [3.8, 4) is 0 Å². The van der Waals surface area contributed by atoms with Crippen molar-refractivity contribution >= 4 is 29.1 Å². The summed E-state index contributed by atoms with van der Waals surface area (Å²) in [6.45, 7) is 6.04. The molecule has 0 saturated carbocycles. The predicted molar refractivity (Wildman–Crippen MR) is 121 cm³/mol. The smallest absolute Gasteiger partial charge is 0.227 e. The van der Waals surface area contributed by atoms with Crippen LogP contribution in [-0.2, 0) is 14.3 Å². The molecule has 1 N–H and O–H groups in total. The number of nitrogens with one attached hydrogen (secondary N) is 1. The number of rotatable bonds is 6. The monoisotopic (exact) mass is 441 g/mol. The summed E-state index contributed by atoms with van der Waals surface area (Å²) in [4.78, 5) is 29.5. The Bertz CT molecular complexity index is 928. The lowest BCUT2D eigenvalue weighted by Gasteiger charge is -2.35. The standard InChI is InChI=1S/C24H28ClN3O3/c1-17-3-2-4-18(13-17)22(27-9-11-31-12-10-27)15-26-24(30)19-14-23(29)28(16-19)21-7-5-20(25)6-8-21/h2-8,13,19,22H,9-12,14-16H2,1H3,(H,26,30). The lowest BCUT2D eigenvalue weighted by Crippen LogP contribution is -2.45. The van der Waals surface area contributed by atoms with Gasteiger partial charge in [-0.05, 0) is 36.8 Å². The molecule has 6 nitrogen and oxygen atoms in total. The highest BCUT2D eigenvalue weighted by Gasteiger charge is 2.35. The van der Waals surface area contributed by atoms with Crippen molar-refractivity contribution in [3.05, 3.63) is 64.7 Å². The molecule has 31 heavy (non-hydrogen) atoms. The molecule has 2 saturated heterocycles. The molecule has 7 heteroatoms. The average Bonchev–Trinajstić information content (AvgIpc) is 3.17. The van der Waals surface area contributed by atoms with Gasteiger partial charge in [-0.1, -0.05) is 41.4 Å². The van der Waals surface area contributed by atoms with Crippen LogP contribution >= 0.6 is 11.6 Å². The fourth-order valence-electron chi connectivity index (χ4n) is 4.32. The summed E-state index contributed by atoms with van der Waals surface area (Å²) in [5.74, 6) is -0.465. The molecule has 4 rings (SSSR count). The van der Waals surface area contributed by atoms with Gasteiger partial charge in [-0.15, -0.1) is 0 Å². The number of nitrogens with zero attached hydrogens (tertiary/aromatic N) is 2. The van der Waals surface area contributed by atoms with Crippen LogP contribution in [0.5, 0.6) is 0 Å². The number of carbonyl (C=O) groups is 2. The molecule has 0 radical (unpaired) electrons. The van der Waals surface area contributed by atoms with E-state index >= 15 is 0 Å². The zero-order valence-electron chi connectivity index (χ0n) is 17.7. The Kier molecular flexibility index (Phi) is 6.90. The number of halogens is 1. The second kappa shape index (κ2) is 9.81. The van der Waals surface area contributed by atoms with Gasteiger partial charge in [0.05, 0.1) is 25.2 Å². The molecule has 2 amide bonds. The van der Waals surface area contributed by atoms with Gasteiger partial charge >= 0.3 is 0 Å². The van der Waals surface area contributed by atoms with Crippen LogP contribution in [0, 0.1) is 12.8 Å². The number of amides is 2. The minimum atomic E-state index is -0.356. The zero-order valence-corrected chi connectivity index (χ0v) is 18.5. The zero-order chi connectivity index (χ0) is 21.8. The average molecular weight is 442 g/mol. The largest absolute Gasteiger partial charge is 0.379 e. The highest BCUT2D eigenvalue weighted by molar-refractivity contribution is 6.30. The van der Waals surface area contributed by atoms with Gasteiger partial charge in [0.15, 0.2) is 0 Å². The molecule has 0 bridgehead atoms. The van der Waals surface area contributed by atoms with Crippen LogP contribution in [0.2, 0.25) is 5.02 Å². The van der Waals surface area contributed by atoms with Gasteiger partial charge in [0.1, 0.15) is 0 Å². The Morgan fingerprint density at radius 3 is 2.65 bits per heavy atom. The van der Waals surface area contributed by atoms with Gasteiger partial charge in [0.25, 0.3) is 0 Å². The molecule has 0 spiro atoms. The molecule has 2 unspecified atom stereocenters. The maximum absolute atomic E-state index is 13.0. The molecule has 2 fully saturated rings. The van der Waals surface area contributed by atoms with Crippen LogP contribution < -0.4 is 10.2 Å². The van der Waals surface area contributed by atoms with Crippen molar-refractivity contribution in [1.29, 1.82) is 0 Å². The van der Waals surface area contributed by atoms with Crippen molar-refractivity contribution in [2.75, 3.05) is 44.3 Å². The summed E-state index contributed by atoms with van der Waals surface area (Å²) in [5.41, 5.74) is 3.16. The van der Waals surface area contributed by atoms with Crippen molar-refractivity contribution in [3.63, 3.8) is 0 Å². The molecular formula is C24H28ClN3O3. The van der Waals surface area contributed by atoms with E-state index in [9.17, 15) is 9.59 Å². The summed E-state index contributed by atoms with van der Waals surface area (Å²) < 4.78 is 5.51. The third-order valence-corrected chi connectivity index (χ3v) is 6.27. The summed E-state index contributed by atoms with van der Waals surface area (Å²) in [6.07, 6.45) is 0.223. The Balaban J connectivity index is 1.41. The van der Waals surface area contributed by atoms with E-state index in [4.69, 9.17) is 16.3 Å². The van der Waals surface area contributed by atoms with Gasteiger partial charge in [-0.3, -0.25) is 14.5 Å². The van der Waals surface area contributed by atoms with Crippen LogP contribution in [0.1, 0.15) is 23.6 Å². The number of morpholine rings is 1. The van der Waals surface area contributed by atoms with Crippen LogP contribution in [0.3, 0.4) is 0 Å². The van der Waals surface area contributed by atoms with E-state index in [0.29, 0.717) is 31.3 Å². The number of carbonyl (C=O) groups excluding carboxylic acids is 2. The number of hydrogen-bond donors (Lipinski definition) is 1. The maximum Gasteiger partial charge on any atom is 0.227 e. The number of benzene rings is 2. The van der Waals surface area contributed by atoms with E-state index in [-0.39, 0.29) is 30.2 Å². The Morgan fingerprint density at radius 2 is 1.94 bits per heavy atom. The van der Waals surface area contributed by atoms with E-state index < -0.39 is 0 Å². The lowest BCUT2D eigenvalue weighted by molar-refractivity contribution is -0.126. The topological polar surface area (TPSA) is 61.9 Å². The van der Waals surface area contributed by atoms with Gasteiger partial charge in [-0.2, -0.15) is 0 Å². The molecule has 2 atom stereocenters. The number of ether oxygens (including phenoxy) is 1. The first kappa shape index (κ1) is 21.8. The normalized spacial score (nSPS) is 20.6. The van der Waals surface area contributed by atoms with Crippen LogP contribution in [0.4, 0.5) is 5.69 Å². The molecule has 2 heterocycles. The Morgan fingerprint density at radius 1 is 1.19 bits per heavy atom. The number of hydrogen-bond acceptors (Lipinski definition) is 4. The molecule has 164 valence electrons. The Hall–Kier alpha value is -2.41. The highest BCUT2D eigenvalue weighted by Crippen LogP contribution is 2.27. The van der Waals surface area contributed by atoms with Crippen LogP contribution in [-0.4, -0.2) is 56.1 Å². The van der Waals surface area contributed by atoms with Gasteiger partial charge in [0.2, 0.25) is 11.8 Å². The van der Waals surface area contributed by atoms with Gasteiger partial charge < -0.3 is 15.0 Å². The second-order valence-electron chi connectivity index (χ2n) is 8.21. The van der Waals surface area contributed by atoms with E-state index in [1.807, 2.05) is 12.1 Å². The van der Waals surface area contributed by atoms with Crippen molar-refractivity contribution < 1.29 is 14.3 Å². The summed E-state index contributed by atoms with van der Waals surface area (Å²) in [7, 11) is 0. The Labute approximate surface area is 188 Å². The maximum atomic E-state index is 13.0. The van der Waals surface area contributed by atoms with Gasteiger partial charge in [-0.25, -0.2) is 0 Å². The first-order chi connectivity index (χ1) is 15.0. The van der Waals surface area contributed by atoms with E-state index in [1.54, 1.807) is 17.0 Å². The molecule has 2 aromatic rings. The third-order valence-electron chi connectivity index (χ3n) is 6.02. The summed E-state index contributed by atoms with van der Waals surface area (Å²) >= 11 is 5.95. The van der Waals surface area contributed by atoms with Crippen LogP contribution in [0.15, 0.2) is 48.5 Å². The first-order valence-corrected chi connectivity index (χ1v) is 11.1. The number of anilines is 1. The van der Waals surface area contributed by atoms with Gasteiger partial charge in [0, 0.05) is 43.3 Å². The molecule has 0 aliphatic carbocycles. The van der Waals surface area contributed by atoms with E-state index in [2.05, 4.69) is 41.4 Å². The quantitative estimate of drug-likeness (QED) is 0.747. The molecule has 2 aliphatic heterocycles. The lowest BCUT2D eigenvalue weighted by atomic mass is 10.0. The second-order valence-corrected chi connectivity index (χ2v) is 8.64. The fraction of sp³-hybridized carbons (Fsp3) is 0.417. The van der Waals surface area contributed by atoms with E-state index in [1.165, 1.54) is 11.1 Å². The summed E-state index contributed by atoms with van der Waals surface area (Å²) in [6, 6.07) is 15.6. The van der Waals surface area contributed by atoms with Crippen molar-refractivity contribution in [2.45, 2.75) is 19.4 Å². The molecular weight excluding hydrogens is 414 g/mol. The minimum absolute atomic E-state index is 0.0362. The molecule has 2 aromatic carbocycles. The summed E-state index contributed by atoms with van der Waals surface area (Å²) in [5, 5.41) is 3.74. The highest BCUT2D eigenvalue weighted by atomic mass is 35.5. The molecule has 2 aliphatic rings. The fourth-order valence-corrected chi connectivity index (χ4v) is 4.45. The van der Waals surface area contributed by atoms with Crippen molar-refractivity contribution in [2.24, 2.45) is 5.92 Å². The first-order valence-electron chi connectivity index (χ1n) is 10.7. The predicted octanol–water partition coefficient (Wildman–Crippen LogP) is 3.19. The minimum Gasteiger partial charge on any atom is -0.379 e. The SMILES string of the molecule is Cc1cccc(C(CNC(=O)C2CC(=O)N(c3ccc(Cl)cc3)C2)N2CCOCC2)c1. The van der Waals surface area contributed by atoms with E-state index in [0.717, 1.165) is 18.8 Å². The third kappa shape index (κ3) is 5.26. The molecule has 0 aromatic heterocycles.